The zero-order valence-corrected chi connectivity index (χ0v) is 30.7. The van der Waals surface area contributed by atoms with Crippen LogP contribution in [0.2, 0.25) is 0 Å². The Labute approximate surface area is 288 Å². The second kappa shape index (κ2) is 14.9. The zero-order valence-electron chi connectivity index (χ0n) is 29.1. The molecule has 2 atom stereocenters. The van der Waals surface area contributed by atoms with Gasteiger partial charge in [-0.15, -0.1) is 0 Å². The summed E-state index contributed by atoms with van der Waals surface area (Å²) in [6.45, 7) is 15.9. The molecule has 3 aromatic rings. The summed E-state index contributed by atoms with van der Waals surface area (Å²) in [7, 11) is 1.71. The number of carbonyl (C=O) groups excluding carboxylic acids is 1. The summed E-state index contributed by atoms with van der Waals surface area (Å²) in [5.41, 5.74) is 5.40. The molecular weight excluding hydrogens is 662 g/mol. The van der Waals surface area contributed by atoms with E-state index < -0.39 is 5.60 Å². The first kappa shape index (κ1) is 35.8. The van der Waals surface area contributed by atoms with Crippen LogP contribution < -0.4 is 0 Å². The summed E-state index contributed by atoms with van der Waals surface area (Å²) in [6.07, 6.45) is 4.93. The third-order valence-corrected chi connectivity index (χ3v) is 9.79. The van der Waals surface area contributed by atoms with Gasteiger partial charge in [0.15, 0.2) is 0 Å². The fourth-order valence-corrected chi connectivity index (χ4v) is 7.03. The van der Waals surface area contributed by atoms with Crippen molar-refractivity contribution >= 4 is 32.9 Å². The summed E-state index contributed by atoms with van der Waals surface area (Å²) in [5.74, 6) is 0.127. The van der Waals surface area contributed by atoms with E-state index in [4.69, 9.17) is 23.9 Å². The number of fused-ring (bicyclic) bond motifs is 1. The molecule has 0 radical (unpaired) electrons. The maximum atomic E-state index is 12.9. The van der Waals surface area contributed by atoms with Crippen LogP contribution in [-0.2, 0) is 31.9 Å². The molecule has 1 aromatic carbocycles. The average molecular weight is 715 g/mol. The molecule has 5 rings (SSSR count). The number of hydrogen-bond acceptors (Lipinski definition) is 7. The lowest BCUT2D eigenvalue weighted by molar-refractivity contribution is -0.0336. The molecule has 0 spiro atoms. The van der Waals surface area contributed by atoms with Gasteiger partial charge in [-0.2, -0.15) is 0 Å². The highest BCUT2D eigenvalue weighted by Gasteiger charge is 2.33. The van der Waals surface area contributed by atoms with Crippen molar-refractivity contribution in [3.05, 3.63) is 51.8 Å². The van der Waals surface area contributed by atoms with Gasteiger partial charge in [-0.25, -0.2) is 4.79 Å². The van der Waals surface area contributed by atoms with Crippen molar-refractivity contribution < 1.29 is 28.8 Å². The smallest absolute Gasteiger partial charge is 0.410 e. The van der Waals surface area contributed by atoms with Crippen molar-refractivity contribution in [2.75, 3.05) is 46.6 Å². The molecule has 1 N–H and O–H groups in total. The fourth-order valence-electron chi connectivity index (χ4n) is 6.67. The third kappa shape index (κ3) is 8.57. The molecule has 4 heterocycles. The zero-order chi connectivity index (χ0) is 33.9. The molecule has 2 fully saturated rings. The van der Waals surface area contributed by atoms with Gasteiger partial charge in [-0.3, -0.25) is 4.98 Å². The molecule has 9 nitrogen and oxygen atoms in total. The van der Waals surface area contributed by atoms with Crippen LogP contribution in [0.1, 0.15) is 89.6 Å². The second-order valence-corrected chi connectivity index (χ2v) is 15.7. The monoisotopic (exact) mass is 713 g/mol. The number of aliphatic hydroxyl groups is 1. The van der Waals surface area contributed by atoms with E-state index in [0.717, 1.165) is 75.9 Å². The summed E-state index contributed by atoms with van der Waals surface area (Å²) in [6, 6.07) is 8.69. The van der Waals surface area contributed by atoms with Crippen LogP contribution in [0.4, 0.5) is 4.79 Å². The summed E-state index contributed by atoms with van der Waals surface area (Å²) >= 11 is 3.73. The summed E-state index contributed by atoms with van der Waals surface area (Å²) < 4.78 is 26.9. The predicted molar refractivity (Wildman–Crippen MR) is 188 cm³/mol. The minimum atomic E-state index is -0.544. The highest BCUT2D eigenvalue weighted by molar-refractivity contribution is 9.10. The number of hydrogen-bond donors (Lipinski definition) is 1. The van der Waals surface area contributed by atoms with Gasteiger partial charge in [0.1, 0.15) is 5.60 Å². The molecule has 0 unspecified atom stereocenters. The SMILES string of the molecule is CO[C@@H](C)c1ncc([C@H]2CCN(C(=O)OC(C)(C)C)C2)cc1-c1c(CC(C)(C)CO)c2cc(Br)ccc2n1CCOC1CCOCC1. The molecule has 0 saturated carbocycles. The minimum Gasteiger partial charge on any atom is -0.444 e. The molecular formula is C37H52BrN3O6. The molecule has 47 heavy (non-hydrogen) atoms. The molecule has 1 amide bonds. The number of aromatic nitrogens is 2. The normalized spacial score (nSPS) is 18.7. The van der Waals surface area contributed by atoms with E-state index in [1.165, 1.54) is 0 Å². The number of methoxy groups -OCH3 is 1. The Morgan fingerprint density at radius 2 is 1.89 bits per heavy atom. The van der Waals surface area contributed by atoms with Crippen molar-refractivity contribution in [2.45, 2.75) is 97.5 Å². The number of halogens is 1. The van der Waals surface area contributed by atoms with Gasteiger partial charge in [-0.1, -0.05) is 29.8 Å². The number of nitrogens with zero attached hydrogens (tertiary/aromatic N) is 3. The Morgan fingerprint density at radius 1 is 1.15 bits per heavy atom. The van der Waals surface area contributed by atoms with E-state index in [9.17, 15) is 9.90 Å². The number of likely N-dealkylation sites (tertiary alicyclic amines) is 1. The second-order valence-electron chi connectivity index (χ2n) is 14.8. The van der Waals surface area contributed by atoms with E-state index in [1.807, 2.05) is 33.9 Å². The topological polar surface area (TPSA) is 95.3 Å². The Balaban J connectivity index is 1.62. The van der Waals surface area contributed by atoms with Crippen molar-refractivity contribution in [1.82, 2.24) is 14.5 Å². The van der Waals surface area contributed by atoms with Gasteiger partial charge in [-0.05, 0) is 94.2 Å². The molecule has 0 bridgehead atoms. The van der Waals surface area contributed by atoms with Gasteiger partial charge < -0.3 is 33.5 Å². The van der Waals surface area contributed by atoms with E-state index in [-0.39, 0.29) is 36.2 Å². The number of aliphatic hydroxyl groups excluding tert-OH is 1. The lowest BCUT2D eigenvalue weighted by atomic mass is 9.84. The standard InChI is InChI=1S/C37H52BrN3O6/c1-24(44-7)33-30(18-26(21-39-33)25-10-13-40(22-25)35(43)47-36(2,3)4)34-31(20-37(5,6)23-42)29-19-27(38)8-9-32(29)41(34)14-17-46-28-11-15-45-16-12-28/h8-9,18-19,21,24-25,28,42H,10-17,20,22-23H2,1-7H3/t24-,25-/m0/s1. The molecule has 10 heteroatoms. The van der Waals surface area contributed by atoms with Gasteiger partial charge in [0.2, 0.25) is 0 Å². The lowest BCUT2D eigenvalue weighted by Crippen LogP contribution is -2.35. The van der Waals surface area contributed by atoms with Crippen LogP contribution >= 0.6 is 15.9 Å². The number of ether oxygens (including phenoxy) is 4. The van der Waals surface area contributed by atoms with Crippen molar-refractivity contribution in [2.24, 2.45) is 5.41 Å². The van der Waals surface area contributed by atoms with Crippen molar-refractivity contribution in [1.29, 1.82) is 0 Å². The van der Waals surface area contributed by atoms with Gasteiger partial charge >= 0.3 is 6.09 Å². The average Bonchev–Trinajstić information content (AvgIpc) is 3.64. The Morgan fingerprint density at radius 3 is 2.57 bits per heavy atom. The van der Waals surface area contributed by atoms with Gasteiger partial charge in [0, 0.05) is 79.6 Å². The Bertz CT molecular complexity index is 1540. The van der Waals surface area contributed by atoms with Gasteiger partial charge in [0.25, 0.3) is 0 Å². The van der Waals surface area contributed by atoms with Gasteiger partial charge in [0.05, 0.1) is 30.2 Å². The molecule has 2 saturated heterocycles. The minimum absolute atomic E-state index is 0.0577. The number of amides is 1. The molecule has 2 aromatic heterocycles. The molecule has 258 valence electrons. The summed E-state index contributed by atoms with van der Waals surface area (Å²) in [4.78, 5) is 19.8. The highest BCUT2D eigenvalue weighted by Crippen LogP contribution is 2.42. The molecule has 2 aliphatic rings. The largest absolute Gasteiger partial charge is 0.444 e. The first-order valence-corrected chi connectivity index (χ1v) is 17.7. The number of carbonyl (C=O) groups is 1. The quantitative estimate of drug-likeness (QED) is 0.218. The molecule has 0 aliphatic carbocycles. The first-order chi connectivity index (χ1) is 22.3. The summed E-state index contributed by atoms with van der Waals surface area (Å²) in [5, 5.41) is 11.6. The first-order valence-electron chi connectivity index (χ1n) is 16.9. The fraction of sp³-hybridized carbons (Fsp3) is 0.622. The lowest BCUT2D eigenvalue weighted by Gasteiger charge is -2.26. The van der Waals surface area contributed by atoms with Crippen molar-refractivity contribution in [3.63, 3.8) is 0 Å². The Kier molecular flexibility index (Phi) is 11.4. The van der Waals surface area contributed by atoms with Crippen molar-refractivity contribution in [3.8, 4) is 11.3 Å². The maximum absolute atomic E-state index is 12.9. The van der Waals surface area contributed by atoms with Crippen LogP contribution in [0.5, 0.6) is 0 Å². The molecule has 2 aliphatic heterocycles. The maximum Gasteiger partial charge on any atom is 0.410 e. The van der Waals surface area contributed by atoms with E-state index >= 15 is 0 Å². The third-order valence-electron chi connectivity index (χ3n) is 9.30. The van der Waals surface area contributed by atoms with Crippen LogP contribution in [0, 0.1) is 5.41 Å². The predicted octanol–water partition coefficient (Wildman–Crippen LogP) is 7.65. The van der Waals surface area contributed by atoms with E-state index in [2.05, 4.69) is 58.6 Å². The van der Waals surface area contributed by atoms with Crippen LogP contribution in [0.3, 0.4) is 0 Å². The van der Waals surface area contributed by atoms with Crippen LogP contribution in [-0.4, -0.2) is 84.0 Å². The van der Waals surface area contributed by atoms with E-state index in [1.54, 1.807) is 12.0 Å². The Hall–Kier alpha value is -2.50. The van der Waals surface area contributed by atoms with Crippen LogP contribution in [0.25, 0.3) is 22.2 Å². The van der Waals surface area contributed by atoms with E-state index in [0.29, 0.717) is 32.7 Å². The number of rotatable bonds is 11. The van der Waals surface area contributed by atoms with Crippen LogP contribution in [0.15, 0.2) is 34.9 Å². The highest BCUT2D eigenvalue weighted by atomic mass is 79.9. The number of benzene rings is 1. The number of pyridine rings is 1.